The van der Waals surface area contributed by atoms with Crippen molar-refractivity contribution >= 4 is 23.0 Å². The highest BCUT2D eigenvalue weighted by Gasteiger charge is 2.19. The molecule has 1 aromatic heterocycles. The zero-order valence-electron chi connectivity index (χ0n) is 15.6. The maximum absolute atomic E-state index is 13.0. The first-order valence-corrected chi connectivity index (χ1v) is 8.71. The molecule has 0 bridgehead atoms. The summed E-state index contributed by atoms with van der Waals surface area (Å²) in [5.74, 6) is -0.536. The number of hydrogen-bond acceptors (Lipinski definition) is 3. The summed E-state index contributed by atoms with van der Waals surface area (Å²) in [5, 5.41) is 6.09. The van der Waals surface area contributed by atoms with Crippen molar-refractivity contribution in [2.75, 3.05) is 10.6 Å². The molecule has 4 nitrogen and oxygen atoms in total. The fourth-order valence-electron chi connectivity index (χ4n) is 2.77. The van der Waals surface area contributed by atoms with Gasteiger partial charge in [0.1, 0.15) is 5.82 Å². The maximum atomic E-state index is 13.0. The number of carbonyl (C=O) groups excluding carboxylic acids is 1. The molecule has 0 saturated heterocycles. The number of carbonyl (C=O) groups is 1. The molecular formula is C22H22FN3O. The molecule has 1 amide bonds. The number of aromatic nitrogens is 1. The van der Waals surface area contributed by atoms with E-state index in [9.17, 15) is 9.18 Å². The van der Waals surface area contributed by atoms with Crippen LogP contribution < -0.4 is 10.6 Å². The molecule has 2 N–H and O–H groups in total. The SMILES string of the molecule is CC(C)(C)c1ccccc1NC(=O)c1cncc(Nc2ccc(F)cc2)c1. The molecule has 0 aliphatic rings. The van der Waals surface area contributed by atoms with Crippen LogP contribution in [0.1, 0.15) is 36.7 Å². The number of anilines is 3. The standard InChI is InChI=1S/C22H22FN3O/c1-22(2,3)19-6-4-5-7-20(19)26-21(27)15-12-18(14-24-13-15)25-17-10-8-16(23)9-11-17/h4-14,25H,1-3H3,(H,26,27). The topological polar surface area (TPSA) is 54.0 Å². The molecule has 0 aliphatic heterocycles. The van der Waals surface area contributed by atoms with Gasteiger partial charge in [0, 0.05) is 17.6 Å². The van der Waals surface area contributed by atoms with Crippen molar-refractivity contribution in [2.45, 2.75) is 26.2 Å². The van der Waals surface area contributed by atoms with Crippen LogP contribution in [0.5, 0.6) is 0 Å². The van der Waals surface area contributed by atoms with Crippen LogP contribution in [-0.2, 0) is 5.41 Å². The van der Waals surface area contributed by atoms with Crippen LogP contribution in [0.25, 0.3) is 0 Å². The second-order valence-corrected chi connectivity index (χ2v) is 7.34. The highest BCUT2D eigenvalue weighted by atomic mass is 19.1. The Morgan fingerprint density at radius 1 is 0.963 bits per heavy atom. The highest BCUT2D eigenvalue weighted by Crippen LogP contribution is 2.29. The first kappa shape index (κ1) is 18.6. The fraction of sp³-hybridized carbons (Fsp3) is 0.182. The first-order valence-electron chi connectivity index (χ1n) is 8.71. The number of para-hydroxylation sites is 1. The number of rotatable bonds is 4. The summed E-state index contributed by atoms with van der Waals surface area (Å²) in [6, 6.07) is 15.5. The summed E-state index contributed by atoms with van der Waals surface area (Å²) < 4.78 is 13.0. The van der Waals surface area contributed by atoms with Gasteiger partial charge in [0.15, 0.2) is 0 Å². The Morgan fingerprint density at radius 3 is 2.37 bits per heavy atom. The van der Waals surface area contributed by atoms with Crippen molar-refractivity contribution in [1.82, 2.24) is 4.98 Å². The third kappa shape index (κ3) is 4.70. The predicted molar refractivity (Wildman–Crippen MR) is 107 cm³/mol. The number of hydrogen-bond donors (Lipinski definition) is 2. The Morgan fingerprint density at radius 2 is 1.67 bits per heavy atom. The van der Waals surface area contributed by atoms with Gasteiger partial charge in [-0.1, -0.05) is 39.0 Å². The number of halogens is 1. The molecule has 0 spiro atoms. The molecule has 2 aromatic carbocycles. The maximum Gasteiger partial charge on any atom is 0.257 e. The Hall–Kier alpha value is -3.21. The lowest BCUT2D eigenvalue weighted by Gasteiger charge is -2.23. The van der Waals surface area contributed by atoms with Crippen LogP contribution in [0.2, 0.25) is 0 Å². The van der Waals surface area contributed by atoms with Crippen molar-refractivity contribution in [3.05, 3.63) is 83.9 Å². The van der Waals surface area contributed by atoms with Crippen LogP contribution in [0.4, 0.5) is 21.5 Å². The Balaban J connectivity index is 1.79. The normalized spacial score (nSPS) is 11.1. The van der Waals surface area contributed by atoms with Gasteiger partial charge in [-0.2, -0.15) is 0 Å². The van der Waals surface area contributed by atoms with Crippen LogP contribution in [0.3, 0.4) is 0 Å². The Kier molecular flexibility index (Phi) is 5.21. The lowest BCUT2D eigenvalue weighted by Crippen LogP contribution is -2.18. The van der Waals surface area contributed by atoms with Crippen molar-refractivity contribution in [2.24, 2.45) is 0 Å². The summed E-state index contributed by atoms with van der Waals surface area (Å²) in [5.41, 5.74) is 3.56. The number of pyridine rings is 1. The molecule has 0 atom stereocenters. The molecule has 0 unspecified atom stereocenters. The van der Waals surface area contributed by atoms with Gasteiger partial charge in [0.25, 0.3) is 5.91 Å². The van der Waals surface area contributed by atoms with E-state index in [0.29, 0.717) is 16.9 Å². The van der Waals surface area contributed by atoms with Gasteiger partial charge < -0.3 is 10.6 Å². The van der Waals surface area contributed by atoms with E-state index in [0.717, 1.165) is 11.3 Å². The highest BCUT2D eigenvalue weighted by molar-refractivity contribution is 6.05. The van der Waals surface area contributed by atoms with Gasteiger partial charge in [-0.3, -0.25) is 9.78 Å². The number of benzene rings is 2. The zero-order chi connectivity index (χ0) is 19.4. The van der Waals surface area contributed by atoms with Crippen molar-refractivity contribution < 1.29 is 9.18 Å². The molecule has 138 valence electrons. The van der Waals surface area contributed by atoms with Gasteiger partial charge in [-0.25, -0.2) is 4.39 Å². The molecule has 1 heterocycles. The third-order valence-electron chi connectivity index (χ3n) is 4.12. The van der Waals surface area contributed by atoms with Gasteiger partial charge in [-0.05, 0) is 47.4 Å². The van der Waals surface area contributed by atoms with E-state index in [-0.39, 0.29) is 17.1 Å². The molecule has 5 heteroatoms. The molecule has 3 aromatic rings. The minimum absolute atomic E-state index is 0.0892. The molecule has 27 heavy (non-hydrogen) atoms. The van der Waals surface area contributed by atoms with E-state index in [1.807, 2.05) is 24.3 Å². The molecule has 3 rings (SSSR count). The fourth-order valence-corrected chi connectivity index (χ4v) is 2.77. The van der Waals surface area contributed by atoms with E-state index >= 15 is 0 Å². The Labute approximate surface area is 158 Å². The summed E-state index contributed by atoms with van der Waals surface area (Å²) in [6.07, 6.45) is 3.13. The second kappa shape index (κ2) is 7.58. The molecule has 0 radical (unpaired) electrons. The molecule has 0 fully saturated rings. The van der Waals surface area contributed by atoms with E-state index in [4.69, 9.17) is 0 Å². The summed E-state index contributed by atoms with van der Waals surface area (Å²) in [4.78, 5) is 16.8. The molecule has 0 saturated carbocycles. The van der Waals surface area contributed by atoms with Crippen LogP contribution in [0, 0.1) is 5.82 Å². The first-order chi connectivity index (χ1) is 12.8. The minimum atomic E-state index is -0.302. The monoisotopic (exact) mass is 363 g/mol. The number of nitrogens with one attached hydrogen (secondary N) is 2. The predicted octanol–water partition coefficient (Wildman–Crippen LogP) is 5.51. The summed E-state index contributed by atoms with van der Waals surface area (Å²) in [7, 11) is 0. The van der Waals surface area contributed by atoms with Crippen LogP contribution in [-0.4, -0.2) is 10.9 Å². The lowest BCUT2D eigenvalue weighted by atomic mass is 9.86. The zero-order valence-corrected chi connectivity index (χ0v) is 15.6. The number of nitrogens with zero attached hydrogens (tertiary/aromatic N) is 1. The quantitative estimate of drug-likeness (QED) is 0.642. The average Bonchev–Trinajstić information content (AvgIpc) is 2.63. The van der Waals surface area contributed by atoms with Crippen molar-refractivity contribution in [1.29, 1.82) is 0 Å². The number of amides is 1. The summed E-state index contributed by atoms with van der Waals surface area (Å²) in [6.45, 7) is 6.31. The van der Waals surface area contributed by atoms with Crippen molar-refractivity contribution in [3.8, 4) is 0 Å². The van der Waals surface area contributed by atoms with Crippen LogP contribution >= 0.6 is 0 Å². The molecular weight excluding hydrogens is 341 g/mol. The Bertz CT molecular complexity index is 946. The summed E-state index contributed by atoms with van der Waals surface area (Å²) >= 11 is 0. The lowest BCUT2D eigenvalue weighted by molar-refractivity contribution is 0.102. The van der Waals surface area contributed by atoms with Gasteiger partial charge in [0.2, 0.25) is 0 Å². The van der Waals surface area contributed by atoms with E-state index in [2.05, 4.69) is 36.4 Å². The van der Waals surface area contributed by atoms with Gasteiger partial charge in [-0.15, -0.1) is 0 Å². The van der Waals surface area contributed by atoms with Gasteiger partial charge >= 0.3 is 0 Å². The van der Waals surface area contributed by atoms with E-state index in [1.54, 1.807) is 24.4 Å². The second-order valence-electron chi connectivity index (χ2n) is 7.34. The van der Waals surface area contributed by atoms with Gasteiger partial charge in [0.05, 0.1) is 17.4 Å². The van der Waals surface area contributed by atoms with Crippen molar-refractivity contribution in [3.63, 3.8) is 0 Å². The minimum Gasteiger partial charge on any atom is -0.354 e. The smallest absolute Gasteiger partial charge is 0.257 e. The average molecular weight is 363 g/mol. The third-order valence-corrected chi connectivity index (χ3v) is 4.12. The van der Waals surface area contributed by atoms with E-state index in [1.165, 1.54) is 18.3 Å². The van der Waals surface area contributed by atoms with Crippen LogP contribution in [0.15, 0.2) is 67.0 Å². The molecule has 0 aliphatic carbocycles. The largest absolute Gasteiger partial charge is 0.354 e. The van der Waals surface area contributed by atoms with E-state index < -0.39 is 0 Å².